The van der Waals surface area contributed by atoms with Crippen LogP contribution in [-0.2, 0) is 4.79 Å². The van der Waals surface area contributed by atoms with Gasteiger partial charge in [-0.2, -0.15) is 5.10 Å². The fourth-order valence-corrected chi connectivity index (χ4v) is 1.68. The van der Waals surface area contributed by atoms with E-state index in [1.165, 1.54) is 19.2 Å². The number of phenols is 1. The number of carbonyl (C=O) groups excluding carboxylic acids is 1. The summed E-state index contributed by atoms with van der Waals surface area (Å²) >= 11 is 8.87. The molecule has 0 spiro atoms. The molecular weight excluding hydrogens is 283 g/mol. The zero-order valence-corrected chi connectivity index (χ0v) is 10.1. The molecule has 1 aromatic rings. The van der Waals surface area contributed by atoms with Crippen LogP contribution in [0.4, 0.5) is 0 Å². The van der Waals surface area contributed by atoms with Crippen molar-refractivity contribution in [2.24, 2.45) is 5.10 Å². The third-order valence-corrected chi connectivity index (χ3v) is 2.37. The number of nitrogens with zero attached hydrogens (tertiary/aromatic N) is 1. The average Bonchev–Trinajstić information content (AvgIpc) is 2.13. The van der Waals surface area contributed by atoms with E-state index < -0.39 is 0 Å². The Bertz CT molecular complexity index is 398. The predicted molar refractivity (Wildman–Crippen MR) is 62.2 cm³/mol. The molecule has 1 rings (SSSR count). The van der Waals surface area contributed by atoms with E-state index in [0.29, 0.717) is 10.0 Å². The molecule has 0 saturated heterocycles. The highest BCUT2D eigenvalue weighted by Crippen LogP contribution is 2.32. The first-order valence-corrected chi connectivity index (χ1v) is 5.15. The third kappa shape index (κ3) is 3.53. The minimum atomic E-state index is -0.254. The smallest absolute Gasteiger partial charge is 0.236 e. The Morgan fingerprint density at radius 3 is 2.87 bits per heavy atom. The van der Waals surface area contributed by atoms with Crippen molar-refractivity contribution in [2.75, 3.05) is 0 Å². The largest absolute Gasteiger partial charge is 0.505 e. The number of halogens is 2. The molecule has 15 heavy (non-hydrogen) atoms. The normalized spacial score (nSPS) is 10.6. The van der Waals surface area contributed by atoms with E-state index in [-0.39, 0.29) is 16.7 Å². The summed E-state index contributed by atoms with van der Waals surface area (Å²) in [5.41, 5.74) is 2.92. The van der Waals surface area contributed by atoms with Crippen molar-refractivity contribution < 1.29 is 9.90 Å². The van der Waals surface area contributed by atoms with Gasteiger partial charge in [0.2, 0.25) is 5.91 Å². The van der Waals surface area contributed by atoms with Crippen LogP contribution >= 0.6 is 27.5 Å². The molecule has 0 unspecified atom stereocenters. The molecule has 0 radical (unpaired) electrons. The topological polar surface area (TPSA) is 61.7 Å². The number of amides is 1. The van der Waals surface area contributed by atoms with Crippen LogP contribution in [0.1, 0.15) is 12.5 Å². The standard InChI is InChI=1S/C9H8BrClN2O2/c1-5(14)13-12-4-6-2-7(10)9(15)8(11)3-6/h2-4,15H,1H3,(H,13,14)/b12-4-. The molecule has 0 aliphatic heterocycles. The van der Waals surface area contributed by atoms with Crippen LogP contribution in [0.5, 0.6) is 5.75 Å². The number of benzene rings is 1. The lowest BCUT2D eigenvalue weighted by Gasteiger charge is -2.01. The lowest BCUT2D eigenvalue weighted by Crippen LogP contribution is -2.12. The molecule has 80 valence electrons. The van der Waals surface area contributed by atoms with E-state index in [9.17, 15) is 9.90 Å². The van der Waals surface area contributed by atoms with Crippen molar-refractivity contribution in [2.45, 2.75) is 6.92 Å². The molecule has 0 heterocycles. The molecule has 0 fully saturated rings. The van der Waals surface area contributed by atoms with Gasteiger partial charge in [-0.3, -0.25) is 4.79 Å². The van der Waals surface area contributed by atoms with Crippen molar-refractivity contribution in [3.8, 4) is 5.75 Å². The SMILES string of the molecule is CC(=O)N/N=C\c1cc(Cl)c(O)c(Br)c1. The predicted octanol–water partition coefficient (Wildman–Crippen LogP) is 2.28. The summed E-state index contributed by atoms with van der Waals surface area (Å²) in [6, 6.07) is 3.17. The summed E-state index contributed by atoms with van der Waals surface area (Å²) in [5.74, 6) is -0.275. The van der Waals surface area contributed by atoms with E-state index in [1.807, 2.05) is 0 Å². The summed E-state index contributed by atoms with van der Waals surface area (Å²) < 4.78 is 0.472. The fraction of sp³-hybridized carbons (Fsp3) is 0.111. The number of phenolic OH excluding ortho intramolecular Hbond substituents is 1. The Kier molecular flexibility index (Phi) is 4.11. The Morgan fingerprint density at radius 1 is 1.67 bits per heavy atom. The minimum Gasteiger partial charge on any atom is -0.505 e. The van der Waals surface area contributed by atoms with Gasteiger partial charge in [0.15, 0.2) is 0 Å². The van der Waals surface area contributed by atoms with Crippen LogP contribution in [0.15, 0.2) is 21.7 Å². The van der Waals surface area contributed by atoms with Gasteiger partial charge >= 0.3 is 0 Å². The number of nitrogens with one attached hydrogen (secondary N) is 1. The van der Waals surface area contributed by atoms with Gasteiger partial charge in [-0.1, -0.05) is 11.6 Å². The Balaban J connectivity index is 2.87. The maximum absolute atomic E-state index is 10.5. The van der Waals surface area contributed by atoms with Crippen LogP contribution < -0.4 is 5.43 Å². The monoisotopic (exact) mass is 290 g/mol. The molecule has 1 amide bonds. The van der Waals surface area contributed by atoms with Crippen LogP contribution in [0.2, 0.25) is 5.02 Å². The second-order valence-electron chi connectivity index (χ2n) is 2.76. The van der Waals surface area contributed by atoms with Gasteiger partial charge in [0.1, 0.15) is 5.75 Å². The zero-order chi connectivity index (χ0) is 11.4. The molecule has 1 aromatic carbocycles. The highest BCUT2D eigenvalue weighted by atomic mass is 79.9. The van der Waals surface area contributed by atoms with E-state index in [1.54, 1.807) is 6.07 Å². The van der Waals surface area contributed by atoms with E-state index >= 15 is 0 Å². The van der Waals surface area contributed by atoms with Gasteiger partial charge in [0.05, 0.1) is 15.7 Å². The van der Waals surface area contributed by atoms with Crippen molar-refractivity contribution >= 4 is 39.7 Å². The molecule has 0 atom stereocenters. The van der Waals surface area contributed by atoms with Crippen LogP contribution in [-0.4, -0.2) is 17.2 Å². The Morgan fingerprint density at radius 2 is 2.33 bits per heavy atom. The number of hydrazone groups is 1. The molecule has 0 aliphatic carbocycles. The quantitative estimate of drug-likeness (QED) is 0.648. The molecular formula is C9H8BrClN2O2. The Labute approximate surface area is 100 Å². The average molecular weight is 292 g/mol. The van der Waals surface area contributed by atoms with Gasteiger partial charge in [-0.15, -0.1) is 0 Å². The van der Waals surface area contributed by atoms with Crippen molar-refractivity contribution in [1.29, 1.82) is 0 Å². The first-order valence-electron chi connectivity index (χ1n) is 3.98. The van der Waals surface area contributed by atoms with E-state index in [0.717, 1.165) is 0 Å². The Hall–Kier alpha value is -1.07. The third-order valence-electron chi connectivity index (χ3n) is 1.47. The number of hydrogen-bond acceptors (Lipinski definition) is 3. The highest BCUT2D eigenvalue weighted by molar-refractivity contribution is 9.10. The van der Waals surface area contributed by atoms with Crippen LogP contribution in [0.3, 0.4) is 0 Å². The summed E-state index contributed by atoms with van der Waals surface area (Å²) in [6.45, 7) is 1.36. The van der Waals surface area contributed by atoms with Crippen molar-refractivity contribution in [3.63, 3.8) is 0 Å². The van der Waals surface area contributed by atoms with Crippen LogP contribution in [0.25, 0.3) is 0 Å². The molecule has 0 aromatic heterocycles. The molecule has 6 heteroatoms. The number of hydrogen-bond donors (Lipinski definition) is 2. The lowest BCUT2D eigenvalue weighted by atomic mass is 10.2. The second kappa shape index (κ2) is 5.14. The minimum absolute atomic E-state index is 0.0201. The molecule has 2 N–H and O–H groups in total. The zero-order valence-electron chi connectivity index (χ0n) is 7.79. The number of carbonyl (C=O) groups is 1. The fourth-order valence-electron chi connectivity index (χ4n) is 0.857. The second-order valence-corrected chi connectivity index (χ2v) is 4.02. The number of rotatable bonds is 2. The summed E-state index contributed by atoms with van der Waals surface area (Å²) in [4.78, 5) is 10.5. The lowest BCUT2D eigenvalue weighted by molar-refractivity contribution is -0.118. The van der Waals surface area contributed by atoms with E-state index in [4.69, 9.17) is 11.6 Å². The maximum atomic E-state index is 10.5. The van der Waals surface area contributed by atoms with Gasteiger partial charge < -0.3 is 5.11 Å². The van der Waals surface area contributed by atoms with E-state index in [2.05, 4.69) is 26.5 Å². The summed E-state index contributed by atoms with van der Waals surface area (Å²) in [5, 5.41) is 13.2. The molecule has 0 bridgehead atoms. The first kappa shape index (κ1) is 12.0. The van der Waals surface area contributed by atoms with Gasteiger partial charge in [-0.25, -0.2) is 5.43 Å². The van der Waals surface area contributed by atoms with Crippen molar-refractivity contribution in [1.82, 2.24) is 5.43 Å². The van der Waals surface area contributed by atoms with Crippen LogP contribution in [0, 0.1) is 0 Å². The molecule has 4 nitrogen and oxygen atoms in total. The highest BCUT2D eigenvalue weighted by Gasteiger charge is 2.04. The van der Waals surface area contributed by atoms with Gasteiger partial charge in [0, 0.05) is 6.92 Å². The first-order chi connectivity index (χ1) is 7.00. The summed E-state index contributed by atoms with van der Waals surface area (Å²) in [6.07, 6.45) is 1.43. The maximum Gasteiger partial charge on any atom is 0.236 e. The number of aromatic hydroxyl groups is 1. The molecule has 0 aliphatic rings. The summed E-state index contributed by atoms with van der Waals surface area (Å²) in [7, 11) is 0. The van der Waals surface area contributed by atoms with Gasteiger partial charge in [0.25, 0.3) is 0 Å². The molecule has 0 saturated carbocycles. The van der Waals surface area contributed by atoms with Crippen molar-refractivity contribution in [3.05, 3.63) is 27.2 Å². The van der Waals surface area contributed by atoms with Gasteiger partial charge in [-0.05, 0) is 33.6 Å².